The van der Waals surface area contributed by atoms with Crippen molar-refractivity contribution in [3.05, 3.63) is 57.4 Å². The summed E-state index contributed by atoms with van der Waals surface area (Å²) in [5.41, 5.74) is 0.774. The van der Waals surface area contributed by atoms with Gasteiger partial charge in [0.25, 0.3) is 5.56 Å². The van der Waals surface area contributed by atoms with Crippen molar-refractivity contribution in [2.24, 2.45) is 0 Å². The van der Waals surface area contributed by atoms with E-state index in [1.807, 2.05) is 0 Å². The number of rotatable bonds is 1. The molecule has 3 heterocycles. The smallest absolute Gasteiger partial charge is 0.349 e. The third-order valence-electron chi connectivity index (χ3n) is 2.66. The van der Waals surface area contributed by atoms with Crippen LogP contribution in [0.15, 0.2) is 33.7 Å². The topological polar surface area (TPSA) is 72.3 Å². The van der Waals surface area contributed by atoms with Crippen molar-refractivity contribution in [3.63, 3.8) is 0 Å². The van der Waals surface area contributed by atoms with Crippen LogP contribution in [0.3, 0.4) is 0 Å². The number of hydrogen-bond donors (Lipinski definition) is 1. The molecule has 0 fully saturated rings. The summed E-state index contributed by atoms with van der Waals surface area (Å²) in [7, 11) is 0. The maximum absolute atomic E-state index is 11.7. The van der Waals surface area contributed by atoms with Crippen LogP contribution in [0.1, 0.15) is 27.4 Å². The Kier molecular flexibility index (Phi) is 2.19. The zero-order valence-electron chi connectivity index (χ0n) is 9.52. The van der Waals surface area contributed by atoms with E-state index in [-0.39, 0.29) is 5.56 Å². The minimum absolute atomic E-state index is 0.0402. The first-order valence-corrected chi connectivity index (χ1v) is 5.37. The van der Waals surface area contributed by atoms with E-state index in [0.29, 0.717) is 22.8 Å². The first-order chi connectivity index (χ1) is 8.65. The van der Waals surface area contributed by atoms with Crippen LogP contribution in [0.4, 0.5) is 0 Å². The fraction of sp³-hybridized carbons (Fsp3) is 0.0769. The number of carbonyl (C=O) groups is 1. The van der Waals surface area contributed by atoms with Crippen LogP contribution < -0.4 is 5.56 Å². The van der Waals surface area contributed by atoms with Crippen molar-refractivity contribution >= 4 is 17.8 Å². The quantitative estimate of drug-likeness (QED) is 0.777. The van der Waals surface area contributed by atoms with E-state index in [9.17, 15) is 9.59 Å². The minimum Gasteiger partial charge on any atom is -0.465 e. The highest BCUT2D eigenvalue weighted by Crippen LogP contribution is 2.29. The fourth-order valence-corrected chi connectivity index (χ4v) is 1.90. The molecule has 0 spiro atoms. The molecule has 0 aliphatic carbocycles. The van der Waals surface area contributed by atoms with E-state index < -0.39 is 11.5 Å². The predicted molar refractivity (Wildman–Crippen MR) is 63.8 cm³/mol. The molecule has 0 radical (unpaired) electrons. The Labute approximate surface area is 102 Å². The Morgan fingerprint density at radius 2 is 2.17 bits per heavy atom. The lowest BCUT2D eigenvalue weighted by Crippen LogP contribution is -2.16. The van der Waals surface area contributed by atoms with Crippen LogP contribution in [0.25, 0.3) is 11.8 Å². The second-order valence-electron chi connectivity index (χ2n) is 3.98. The van der Waals surface area contributed by atoms with E-state index in [4.69, 9.17) is 9.15 Å². The number of nitrogens with one attached hydrogen (secondary N) is 1. The highest BCUT2D eigenvalue weighted by atomic mass is 16.5. The second-order valence-corrected chi connectivity index (χ2v) is 3.98. The van der Waals surface area contributed by atoms with Gasteiger partial charge in [0.2, 0.25) is 0 Å². The van der Waals surface area contributed by atoms with Gasteiger partial charge in [-0.1, -0.05) is 0 Å². The van der Waals surface area contributed by atoms with Crippen molar-refractivity contribution in [3.8, 4) is 0 Å². The lowest BCUT2D eigenvalue weighted by Gasteiger charge is -1.98. The molecule has 0 unspecified atom stereocenters. The summed E-state index contributed by atoms with van der Waals surface area (Å²) < 4.78 is 10.2. The van der Waals surface area contributed by atoms with Gasteiger partial charge in [0.05, 0.1) is 6.26 Å². The number of pyridine rings is 1. The number of aryl methyl sites for hydroxylation is 1. The molecular weight excluding hydrogens is 234 g/mol. The number of hydrogen-bond acceptors (Lipinski definition) is 4. The number of ether oxygens (including phenoxy) is 1. The monoisotopic (exact) mass is 243 g/mol. The molecule has 0 saturated heterocycles. The van der Waals surface area contributed by atoms with Crippen LogP contribution in [0.5, 0.6) is 0 Å². The average Bonchev–Trinajstić information content (AvgIpc) is 2.88. The number of esters is 1. The third-order valence-corrected chi connectivity index (χ3v) is 2.66. The van der Waals surface area contributed by atoms with E-state index in [0.717, 1.165) is 0 Å². The van der Waals surface area contributed by atoms with Gasteiger partial charge in [-0.2, -0.15) is 0 Å². The average molecular weight is 243 g/mol. The van der Waals surface area contributed by atoms with E-state index in [1.165, 1.54) is 6.26 Å². The Bertz CT molecular complexity index is 707. The summed E-state index contributed by atoms with van der Waals surface area (Å²) in [6, 6.07) is 5.17. The van der Waals surface area contributed by atoms with Crippen LogP contribution in [0.2, 0.25) is 0 Å². The number of fused-ring (bicyclic) bond motifs is 1. The van der Waals surface area contributed by atoms with Gasteiger partial charge < -0.3 is 14.1 Å². The summed E-state index contributed by atoms with van der Waals surface area (Å²) in [5.74, 6) is 0.256. The van der Waals surface area contributed by atoms with Crippen LogP contribution in [0, 0.1) is 6.92 Å². The van der Waals surface area contributed by atoms with Crippen molar-refractivity contribution in [2.45, 2.75) is 6.92 Å². The van der Waals surface area contributed by atoms with Crippen molar-refractivity contribution in [1.29, 1.82) is 0 Å². The third kappa shape index (κ3) is 1.57. The maximum atomic E-state index is 11.7. The number of furan rings is 1. The van der Waals surface area contributed by atoms with Crippen molar-refractivity contribution in [1.82, 2.24) is 4.98 Å². The number of aromatic nitrogens is 1. The van der Waals surface area contributed by atoms with Gasteiger partial charge >= 0.3 is 5.97 Å². The highest BCUT2D eigenvalue weighted by molar-refractivity contribution is 6.05. The molecule has 90 valence electrons. The molecule has 1 N–H and O–H groups in total. The molecule has 5 nitrogen and oxygen atoms in total. The van der Waals surface area contributed by atoms with Gasteiger partial charge in [0, 0.05) is 17.3 Å². The molecule has 5 heteroatoms. The molecule has 1 aliphatic heterocycles. The number of aromatic amines is 1. The number of carbonyl (C=O) groups excluding carboxylic acids is 1. The van der Waals surface area contributed by atoms with Gasteiger partial charge in [-0.3, -0.25) is 4.79 Å². The molecule has 0 bridgehead atoms. The number of H-pyrrole nitrogens is 1. The van der Waals surface area contributed by atoms with Crippen molar-refractivity contribution < 1.29 is 13.9 Å². The summed E-state index contributed by atoms with van der Waals surface area (Å²) >= 11 is 0. The Hall–Kier alpha value is -2.56. The van der Waals surface area contributed by atoms with Gasteiger partial charge in [0.1, 0.15) is 17.1 Å². The van der Waals surface area contributed by atoms with Crippen LogP contribution in [-0.2, 0) is 4.74 Å². The molecule has 18 heavy (non-hydrogen) atoms. The minimum atomic E-state index is -0.635. The molecule has 0 atom stereocenters. The highest BCUT2D eigenvalue weighted by Gasteiger charge is 2.30. The number of cyclic esters (lactones) is 1. The Balaban J connectivity index is 2.20. The molecule has 2 aromatic rings. The first kappa shape index (κ1) is 10.6. The molecule has 3 rings (SSSR count). The van der Waals surface area contributed by atoms with Crippen LogP contribution in [-0.4, -0.2) is 11.0 Å². The summed E-state index contributed by atoms with van der Waals surface area (Å²) in [5, 5.41) is 0. The zero-order valence-corrected chi connectivity index (χ0v) is 9.52. The van der Waals surface area contributed by atoms with Crippen LogP contribution >= 0.6 is 0 Å². The fourth-order valence-electron chi connectivity index (χ4n) is 1.90. The second kappa shape index (κ2) is 3.73. The Morgan fingerprint density at radius 3 is 2.89 bits per heavy atom. The Morgan fingerprint density at radius 1 is 1.33 bits per heavy atom. The van der Waals surface area contributed by atoms with Crippen molar-refractivity contribution in [2.75, 3.05) is 0 Å². The van der Waals surface area contributed by atoms with Gasteiger partial charge in [0.15, 0.2) is 0 Å². The summed E-state index contributed by atoms with van der Waals surface area (Å²) in [6.45, 7) is 1.75. The summed E-state index contributed by atoms with van der Waals surface area (Å²) in [6.07, 6.45) is 3.11. The predicted octanol–water partition coefficient (Wildman–Crippen LogP) is 1.94. The lowest BCUT2D eigenvalue weighted by molar-refractivity contribution is 0.0715. The molecule has 0 amide bonds. The molecular formula is C13H9NO4. The standard InChI is InChI=1S/C13H9NO4/c1-7-5-9-10(6-8-3-2-4-17-8)18-13(16)11(9)12(15)14-7/h2-6H,1H3,(H,14,15)/b10-6+. The normalized spacial score (nSPS) is 15.8. The van der Waals surface area contributed by atoms with Gasteiger partial charge in [-0.25, -0.2) is 4.79 Å². The van der Waals surface area contributed by atoms with E-state index in [1.54, 1.807) is 31.2 Å². The van der Waals surface area contributed by atoms with Gasteiger partial charge in [-0.05, 0) is 25.1 Å². The molecule has 0 saturated carbocycles. The largest absolute Gasteiger partial charge is 0.465 e. The SMILES string of the molecule is Cc1cc2c(c(=O)[nH]1)C(=O)O/C2=C/c1ccco1. The van der Waals surface area contributed by atoms with E-state index >= 15 is 0 Å². The zero-order chi connectivity index (χ0) is 12.7. The van der Waals surface area contributed by atoms with E-state index in [2.05, 4.69) is 4.98 Å². The lowest BCUT2D eigenvalue weighted by atomic mass is 10.1. The summed E-state index contributed by atoms with van der Waals surface area (Å²) in [4.78, 5) is 25.9. The first-order valence-electron chi connectivity index (χ1n) is 5.37. The molecule has 2 aromatic heterocycles. The molecule has 0 aromatic carbocycles. The van der Waals surface area contributed by atoms with Gasteiger partial charge in [-0.15, -0.1) is 0 Å². The maximum Gasteiger partial charge on any atom is 0.349 e. The molecule has 1 aliphatic rings.